The molecule has 2 N–H and O–H groups in total. The predicted molar refractivity (Wildman–Crippen MR) is 67.1 cm³/mol. The molecular formula is C13H28N2. The summed E-state index contributed by atoms with van der Waals surface area (Å²) in [6, 6.07) is 0. The lowest BCUT2D eigenvalue weighted by atomic mass is 9.76. The van der Waals surface area contributed by atoms with E-state index in [2.05, 4.69) is 38.3 Å². The zero-order valence-corrected chi connectivity index (χ0v) is 10.9. The lowest BCUT2D eigenvalue weighted by Crippen LogP contribution is -2.41. The lowest BCUT2D eigenvalue weighted by Gasteiger charge is -2.33. The van der Waals surface area contributed by atoms with Crippen LogP contribution in [0.4, 0.5) is 0 Å². The van der Waals surface area contributed by atoms with Gasteiger partial charge in [-0.1, -0.05) is 34.1 Å². The van der Waals surface area contributed by atoms with E-state index < -0.39 is 0 Å². The standard InChI is InChI=1S/C13H28N2/c1-5-12(4)8-15-10-13(11(2)3)6-7-14-9-13/h11-12,14-15H,5-10H2,1-4H3. The van der Waals surface area contributed by atoms with E-state index in [0.717, 1.165) is 11.8 Å². The first kappa shape index (κ1) is 13.0. The molecule has 0 aromatic heterocycles. The highest BCUT2D eigenvalue weighted by Crippen LogP contribution is 2.33. The van der Waals surface area contributed by atoms with Gasteiger partial charge in [-0.15, -0.1) is 0 Å². The van der Waals surface area contributed by atoms with Gasteiger partial charge in [-0.25, -0.2) is 0 Å². The second kappa shape index (κ2) is 5.86. The van der Waals surface area contributed by atoms with E-state index in [1.807, 2.05) is 0 Å². The van der Waals surface area contributed by atoms with Gasteiger partial charge >= 0.3 is 0 Å². The molecular weight excluding hydrogens is 184 g/mol. The van der Waals surface area contributed by atoms with Crippen LogP contribution in [0.25, 0.3) is 0 Å². The number of hydrogen-bond acceptors (Lipinski definition) is 2. The van der Waals surface area contributed by atoms with Gasteiger partial charge in [-0.3, -0.25) is 0 Å². The summed E-state index contributed by atoms with van der Waals surface area (Å²) >= 11 is 0. The molecule has 1 saturated heterocycles. The Hall–Kier alpha value is -0.0800. The fourth-order valence-corrected chi connectivity index (χ4v) is 2.32. The van der Waals surface area contributed by atoms with E-state index in [0.29, 0.717) is 5.41 Å². The van der Waals surface area contributed by atoms with Gasteiger partial charge in [-0.05, 0) is 36.8 Å². The van der Waals surface area contributed by atoms with Crippen LogP contribution in [0.3, 0.4) is 0 Å². The van der Waals surface area contributed by atoms with Crippen molar-refractivity contribution in [2.24, 2.45) is 17.3 Å². The summed E-state index contributed by atoms with van der Waals surface area (Å²) in [6.07, 6.45) is 2.61. The molecule has 0 aliphatic carbocycles. The van der Waals surface area contributed by atoms with Crippen molar-refractivity contribution in [3.8, 4) is 0 Å². The van der Waals surface area contributed by atoms with Crippen LogP contribution < -0.4 is 10.6 Å². The minimum absolute atomic E-state index is 0.507. The summed E-state index contributed by atoms with van der Waals surface area (Å²) in [6.45, 7) is 14.0. The molecule has 2 unspecified atom stereocenters. The zero-order valence-electron chi connectivity index (χ0n) is 10.9. The molecule has 1 fully saturated rings. The Morgan fingerprint density at radius 3 is 2.53 bits per heavy atom. The average Bonchev–Trinajstić information content (AvgIpc) is 2.67. The molecule has 90 valence electrons. The second-order valence-corrected chi connectivity index (χ2v) is 5.59. The van der Waals surface area contributed by atoms with Crippen molar-refractivity contribution in [2.75, 3.05) is 26.2 Å². The Bertz CT molecular complexity index is 171. The molecule has 0 radical (unpaired) electrons. The zero-order chi connectivity index (χ0) is 11.3. The summed E-state index contributed by atoms with van der Waals surface area (Å²) in [5.74, 6) is 1.58. The van der Waals surface area contributed by atoms with Crippen molar-refractivity contribution >= 4 is 0 Å². The van der Waals surface area contributed by atoms with Gasteiger partial charge < -0.3 is 10.6 Å². The van der Waals surface area contributed by atoms with Crippen molar-refractivity contribution in [1.82, 2.24) is 10.6 Å². The van der Waals surface area contributed by atoms with E-state index in [-0.39, 0.29) is 0 Å². The summed E-state index contributed by atoms with van der Waals surface area (Å²) in [5, 5.41) is 7.17. The van der Waals surface area contributed by atoms with Crippen LogP contribution in [0, 0.1) is 17.3 Å². The van der Waals surface area contributed by atoms with E-state index in [1.165, 1.54) is 39.0 Å². The SMILES string of the molecule is CCC(C)CNCC1(C(C)C)CCNC1. The number of nitrogens with one attached hydrogen (secondary N) is 2. The smallest absolute Gasteiger partial charge is 0.00230 e. The summed E-state index contributed by atoms with van der Waals surface area (Å²) in [5.41, 5.74) is 0.507. The minimum atomic E-state index is 0.507. The Balaban J connectivity index is 2.33. The van der Waals surface area contributed by atoms with E-state index >= 15 is 0 Å². The molecule has 0 amide bonds. The van der Waals surface area contributed by atoms with E-state index in [1.54, 1.807) is 0 Å². The molecule has 1 rings (SSSR count). The number of rotatable bonds is 6. The summed E-state index contributed by atoms with van der Waals surface area (Å²) in [4.78, 5) is 0. The maximum Gasteiger partial charge on any atom is 0.00230 e. The van der Waals surface area contributed by atoms with Gasteiger partial charge in [0.25, 0.3) is 0 Å². The Labute approximate surface area is 95.2 Å². The van der Waals surface area contributed by atoms with Crippen LogP contribution in [0.5, 0.6) is 0 Å². The normalized spacial score (nSPS) is 28.6. The largest absolute Gasteiger partial charge is 0.316 e. The predicted octanol–water partition coefficient (Wildman–Crippen LogP) is 2.26. The van der Waals surface area contributed by atoms with Gasteiger partial charge in [0.15, 0.2) is 0 Å². The van der Waals surface area contributed by atoms with Gasteiger partial charge in [0.2, 0.25) is 0 Å². The van der Waals surface area contributed by atoms with Crippen molar-refractivity contribution in [3.05, 3.63) is 0 Å². The highest BCUT2D eigenvalue weighted by atomic mass is 15.0. The van der Waals surface area contributed by atoms with Crippen LogP contribution in [0.1, 0.15) is 40.5 Å². The monoisotopic (exact) mass is 212 g/mol. The van der Waals surface area contributed by atoms with Gasteiger partial charge in [-0.2, -0.15) is 0 Å². The first-order chi connectivity index (χ1) is 7.10. The molecule has 1 aliphatic rings. The topological polar surface area (TPSA) is 24.1 Å². The highest BCUT2D eigenvalue weighted by Gasteiger charge is 2.36. The summed E-state index contributed by atoms with van der Waals surface area (Å²) < 4.78 is 0. The van der Waals surface area contributed by atoms with Crippen LogP contribution in [-0.2, 0) is 0 Å². The van der Waals surface area contributed by atoms with Gasteiger partial charge in [0.1, 0.15) is 0 Å². The third kappa shape index (κ3) is 3.46. The Morgan fingerprint density at radius 2 is 2.07 bits per heavy atom. The first-order valence-electron chi connectivity index (χ1n) is 6.52. The molecule has 1 aliphatic heterocycles. The van der Waals surface area contributed by atoms with Crippen molar-refractivity contribution in [3.63, 3.8) is 0 Å². The van der Waals surface area contributed by atoms with Gasteiger partial charge in [0, 0.05) is 13.1 Å². The maximum absolute atomic E-state index is 3.66. The molecule has 15 heavy (non-hydrogen) atoms. The van der Waals surface area contributed by atoms with Crippen LogP contribution in [-0.4, -0.2) is 26.2 Å². The third-order valence-corrected chi connectivity index (χ3v) is 4.17. The summed E-state index contributed by atoms with van der Waals surface area (Å²) in [7, 11) is 0. The van der Waals surface area contributed by atoms with Gasteiger partial charge in [0.05, 0.1) is 0 Å². The maximum atomic E-state index is 3.66. The molecule has 0 bridgehead atoms. The quantitative estimate of drug-likeness (QED) is 0.706. The third-order valence-electron chi connectivity index (χ3n) is 4.17. The van der Waals surface area contributed by atoms with Crippen molar-refractivity contribution in [1.29, 1.82) is 0 Å². The first-order valence-corrected chi connectivity index (χ1v) is 6.52. The van der Waals surface area contributed by atoms with Crippen LogP contribution >= 0.6 is 0 Å². The Morgan fingerprint density at radius 1 is 1.33 bits per heavy atom. The second-order valence-electron chi connectivity index (χ2n) is 5.59. The minimum Gasteiger partial charge on any atom is -0.316 e. The van der Waals surface area contributed by atoms with Crippen molar-refractivity contribution in [2.45, 2.75) is 40.5 Å². The molecule has 0 aromatic rings. The van der Waals surface area contributed by atoms with Crippen LogP contribution in [0.2, 0.25) is 0 Å². The molecule has 0 aromatic carbocycles. The number of hydrogen-bond donors (Lipinski definition) is 2. The lowest BCUT2D eigenvalue weighted by molar-refractivity contribution is 0.205. The highest BCUT2D eigenvalue weighted by molar-refractivity contribution is 4.92. The van der Waals surface area contributed by atoms with Crippen molar-refractivity contribution < 1.29 is 0 Å². The molecule has 0 spiro atoms. The van der Waals surface area contributed by atoms with E-state index in [4.69, 9.17) is 0 Å². The van der Waals surface area contributed by atoms with E-state index in [9.17, 15) is 0 Å². The molecule has 1 heterocycles. The molecule has 0 saturated carbocycles. The Kier molecular flexibility index (Phi) is 5.07. The molecule has 2 heteroatoms. The van der Waals surface area contributed by atoms with Crippen LogP contribution in [0.15, 0.2) is 0 Å². The fraction of sp³-hybridized carbons (Fsp3) is 1.00. The molecule has 2 atom stereocenters. The average molecular weight is 212 g/mol. The molecule has 2 nitrogen and oxygen atoms in total. The fourth-order valence-electron chi connectivity index (χ4n) is 2.32.